The first-order valence-electron chi connectivity index (χ1n) is 4.78. The Balaban J connectivity index is 1.92. The summed E-state index contributed by atoms with van der Waals surface area (Å²) in [5, 5.41) is 1.92. The molecule has 0 atom stereocenters. The summed E-state index contributed by atoms with van der Waals surface area (Å²) in [6.07, 6.45) is -4.24. The van der Waals surface area contributed by atoms with Gasteiger partial charge < -0.3 is 9.47 Å². The average Bonchev–Trinajstić information content (AvgIpc) is 2.17. The Hall–Kier alpha value is -0.370. The van der Waals surface area contributed by atoms with Gasteiger partial charge in [0.25, 0.3) is 0 Å². The molecule has 1 aliphatic rings. The number of rotatable bonds is 5. The van der Waals surface area contributed by atoms with Crippen LogP contribution in [0.5, 0.6) is 0 Å². The maximum Gasteiger partial charge on any atom is 0.411 e. The van der Waals surface area contributed by atoms with Gasteiger partial charge >= 0.3 is 6.18 Å². The van der Waals surface area contributed by atoms with Crippen LogP contribution in [0, 0.1) is 0 Å². The Morgan fingerprint density at radius 3 is 2.53 bits per heavy atom. The molecule has 0 aromatic heterocycles. The number of ether oxygens (including phenoxy) is 2. The Labute approximate surface area is 86.3 Å². The second-order valence-corrected chi connectivity index (χ2v) is 3.18. The lowest BCUT2D eigenvalue weighted by atomic mass is 10.5. The highest BCUT2D eigenvalue weighted by Gasteiger charge is 2.27. The Bertz CT molecular complexity index is 172. The van der Waals surface area contributed by atoms with Gasteiger partial charge in [0.1, 0.15) is 6.61 Å². The summed E-state index contributed by atoms with van der Waals surface area (Å²) >= 11 is 0. The van der Waals surface area contributed by atoms with Crippen LogP contribution in [0.3, 0.4) is 0 Å². The van der Waals surface area contributed by atoms with E-state index >= 15 is 0 Å². The summed E-state index contributed by atoms with van der Waals surface area (Å²) < 4.78 is 44.5. The SMILES string of the molecule is FC(F)(F)COCCNN1CCOCC1. The van der Waals surface area contributed by atoms with E-state index in [1.54, 1.807) is 0 Å². The van der Waals surface area contributed by atoms with Crippen molar-refractivity contribution in [1.82, 2.24) is 10.4 Å². The fraction of sp³-hybridized carbons (Fsp3) is 1.00. The van der Waals surface area contributed by atoms with Crippen LogP contribution in [0.4, 0.5) is 13.2 Å². The molecule has 1 aliphatic heterocycles. The maximum absolute atomic E-state index is 11.7. The molecule has 1 N–H and O–H groups in total. The molecular formula is C8H15F3N2O2. The Morgan fingerprint density at radius 2 is 1.93 bits per heavy atom. The molecule has 7 heteroatoms. The third kappa shape index (κ3) is 6.67. The third-order valence-electron chi connectivity index (χ3n) is 1.86. The van der Waals surface area contributed by atoms with E-state index in [2.05, 4.69) is 10.2 Å². The van der Waals surface area contributed by atoms with Crippen molar-refractivity contribution in [3.63, 3.8) is 0 Å². The second-order valence-electron chi connectivity index (χ2n) is 3.18. The van der Waals surface area contributed by atoms with Gasteiger partial charge in [0.15, 0.2) is 0 Å². The van der Waals surface area contributed by atoms with Gasteiger partial charge in [-0.2, -0.15) is 13.2 Å². The zero-order valence-electron chi connectivity index (χ0n) is 8.35. The first-order chi connectivity index (χ1) is 7.08. The van der Waals surface area contributed by atoms with Crippen molar-refractivity contribution >= 4 is 0 Å². The third-order valence-corrected chi connectivity index (χ3v) is 1.86. The molecule has 90 valence electrons. The largest absolute Gasteiger partial charge is 0.411 e. The molecule has 1 saturated heterocycles. The number of alkyl halides is 3. The summed E-state index contributed by atoms with van der Waals surface area (Å²) in [5.41, 5.74) is 2.97. The van der Waals surface area contributed by atoms with Crippen molar-refractivity contribution in [3.05, 3.63) is 0 Å². The quantitative estimate of drug-likeness (QED) is 0.691. The topological polar surface area (TPSA) is 33.7 Å². The summed E-state index contributed by atoms with van der Waals surface area (Å²) in [7, 11) is 0. The zero-order valence-corrected chi connectivity index (χ0v) is 8.35. The van der Waals surface area contributed by atoms with Gasteiger partial charge in [-0.1, -0.05) is 0 Å². The van der Waals surface area contributed by atoms with Crippen molar-refractivity contribution in [2.24, 2.45) is 0 Å². The minimum atomic E-state index is -4.24. The van der Waals surface area contributed by atoms with Crippen LogP contribution in [-0.2, 0) is 9.47 Å². The molecule has 0 amide bonds. The van der Waals surface area contributed by atoms with E-state index in [4.69, 9.17) is 4.74 Å². The van der Waals surface area contributed by atoms with Gasteiger partial charge in [-0.25, -0.2) is 5.01 Å². The van der Waals surface area contributed by atoms with Crippen LogP contribution in [-0.4, -0.2) is 57.2 Å². The van der Waals surface area contributed by atoms with Gasteiger partial charge in [-0.05, 0) is 0 Å². The highest BCUT2D eigenvalue weighted by molar-refractivity contribution is 4.56. The number of nitrogens with one attached hydrogen (secondary N) is 1. The van der Waals surface area contributed by atoms with E-state index in [-0.39, 0.29) is 6.61 Å². The summed E-state index contributed by atoms with van der Waals surface area (Å²) in [4.78, 5) is 0. The van der Waals surface area contributed by atoms with Crippen LogP contribution in [0.25, 0.3) is 0 Å². The number of hydrogen-bond acceptors (Lipinski definition) is 4. The minimum absolute atomic E-state index is 0.0524. The lowest BCUT2D eigenvalue weighted by Crippen LogP contribution is -2.46. The van der Waals surface area contributed by atoms with E-state index in [1.807, 2.05) is 5.01 Å². The smallest absolute Gasteiger partial charge is 0.379 e. The van der Waals surface area contributed by atoms with Gasteiger partial charge in [0.2, 0.25) is 0 Å². The van der Waals surface area contributed by atoms with Crippen LogP contribution >= 0.6 is 0 Å². The summed E-state index contributed by atoms with van der Waals surface area (Å²) in [5.74, 6) is 0. The molecule has 1 fully saturated rings. The molecule has 0 aromatic carbocycles. The number of hydrazine groups is 1. The lowest BCUT2D eigenvalue weighted by Gasteiger charge is -2.27. The van der Waals surface area contributed by atoms with Crippen molar-refractivity contribution in [3.8, 4) is 0 Å². The predicted molar refractivity (Wildman–Crippen MR) is 47.3 cm³/mol. The van der Waals surface area contributed by atoms with Crippen molar-refractivity contribution in [1.29, 1.82) is 0 Å². The first kappa shape index (κ1) is 12.7. The van der Waals surface area contributed by atoms with Gasteiger partial charge in [-0.3, -0.25) is 5.43 Å². The molecule has 0 bridgehead atoms. The van der Waals surface area contributed by atoms with Gasteiger partial charge in [-0.15, -0.1) is 0 Å². The number of halogens is 3. The highest BCUT2D eigenvalue weighted by Crippen LogP contribution is 2.13. The van der Waals surface area contributed by atoms with Crippen molar-refractivity contribution < 1.29 is 22.6 Å². The second kappa shape index (κ2) is 6.26. The fourth-order valence-electron chi connectivity index (χ4n) is 1.19. The molecule has 4 nitrogen and oxygen atoms in total. The molecular weight excluding hydrogens is 213 g/mol. The Morgan fingerprint density at radius 1 is 1.27 bits per heavy atom. The van der Waals surface area contributed by atoms with E-state index in [0.29, 0.717) is 19.8 Å². The lowest BCUT2D eigenvalue weighted by molar-refractivity contribution is -0.174. The van der Waals surface area contributed by atoms with E-state index in [1.165, 1.54) is 0 Å². The minimum Gasteiger partial charge on any atom is -0.379 e. The zero-order chi connectivity index (χ0) is 11.1. The van der Waals surface area contributed by atoms with Crippen LogP contribution in [0.15, 0.2) is 0 Å². The maximum atomic E-state index is 11.7. The molecule has 0 aromatic rings. The molecule has 1 heterocycles. The van der Waals surface area contributed by atoms with Gasteiger partial charge in [0.05, 0.1) is 19.8 Å². The molecule has 1 rings (SSSR count). The average molecular weight is 228 g/mol. The van der Waals surface area contributed by atoms with Crippen molar-refractivity contribution in [2.75, 3.05) is 46.1 Å². The van der Waals surface area contributed by atoms with Crippen LogP contribution < -0.4 is 5.43 Å². The molecule has 0 unspecified atom stereocenters. The predicted octanol–water partition coefficient (Wildman–Crippen LogP) is 0.402. The van der Waals surface area contributed by atoms with Gasteiger partial charge in [0, 0.05) is 19.6 Å². The molecule has 0 saturated carbocycles. The Kier molecular flexibility index (Phi) is 5.30. The number of hydrogen-bond donors (Lipinski definition) is 1. The number of nitrogens with zero attached hydrogens (tertiary/aromatic N) is 1. The normalized spacial score (nSPS) is 19.4. The monoisotopic (exact) mass is 228 g/mol. The molecule has 0 aliphatic carbocycles. The number of morpholine rings is 1. The van der Waals surface area contributed by atoms with E-state index in [0.717, 1.165) is 13.1 Å². The molecule has 15 heavy (non-hydrogen) atoms. The van der Waals surface area contributed by atoms with Crippen LogP contribution in [0.1, 0.15) is 0 Å². The molecule has 0 spiro atoms. The summed E-state index contributed by atoms with van der Waals surface area (Å²) in [6, 6.07) is 0. The van der Waals surface area contributed by atoms with E-state index in [9.17, 15) is 13.2 Å². The highest BCUT2D eigenvalue weighted by atomic mass is 19.4. The summed E-state index contributed by atoms with van der Waals surface area (Å²) in [6.45, 7) is 2.05. The fourth-order valence-corrected chi connectivity index (χ4v) is 1.19. The van der Waals surface area contributed by atoms with E-state index < -0.39 is 12.8 Å². The standard InChI is InChI=1S/C8H15F3N2O2/c9-8(10,11)7-15-4-1-12-13-2-5-14-6-3-13/h12H,1-7H2. The van der Waals surface area contributed by atoms with Crippen molar-refractivity contribution in [2.45, 2.75) is 6.18 Å². The first-order valence-corrected chi connectivity index (χ1v) is 4.78. The molecule has 0 radical (unpaired) electrons. The van der Waals surface area contributed by atoms with Crippen LogP contribution in [0.2, 0.25) is 0 Å².